The zero-order chi connectivity index (χ0) is 11.1. The Bertz CT molecular complexity index is 97.1. The van der Waals surface area contributed by atoms with Crippen molar-refractivity contribution in [3.63, 3.8) is 0 Å². The van der Waals surface area contributed by atoms with E-state index in [1.165, 1.54) is 19.3 Å². The van der Waals surface area contributed by atoms with Crippen LogP contribution in [-0.4, -0.2) is 11.6 Å². The molecule has 0 amide bonds. The Morgan fingerprint density at radius 3 is 0.923 bits per heavy atom. The lowest BCUT2D eigenvalue weighted by Gasteiger charge is -2.32. The van der Waals surface area contributed by atoms with Crippen molar-refractivity contribution < 1.29 is 0 Å². The van der Waals surface area contributed by atoms with Crippen LogP contribution in [0.4, 0.5) is 0 Å². The molecule has 0 aliphatic carbocycles. The van der Waals surface area contributed by atoms with Crippen LogP contribution in [0.5, 0.6) is 0 Å². The first kappa shape index (κ1) is 15.2. The predicted molar refractivity (Wildman–Crippen MR) is 55.8 cm³/mol. The second-order valence-corrected chi connectivity index (χ2v) is 3.22. The van der Waals surface area contributed by atoms with E-state index in [0.717, 1.165) is 0 Å². The van der Waals surface area contributed by atoms with E-state index in [2.05, 4.69) is 13.8 Å². The van der Waals surface area contributed by atoms with Crippen molar-refractivity contribution in [2.45, 2.75) is 44.7 Å². The van der Waals surface area contributed by atoms with Crippen molar-refractivity contribution in [1.82, 2.24) is 0 Å². The summed E-state index contributed by atoms with van der Waals surface area (Å²) in [5, 5.41) is 0. The highest BCUT2D eigenvalue weighted by Gasteiger charge is 2.31. The Morgan fingerprint density at radius 1 is 0.692 bits per heavy atom. The SMILES string of the molecule is CCCCC.NC(N)(N)C(N)(N)N. The van der Waals surface area contributed by atoms with E-state index in [9.17, 15) is 0 Å². The monoisotopic (exact) mass is 192 g/mol. The molecule has 0 rings (SSSR count). The van der Waals surface area contributed by atoms with E-state index in [4.69, 9.17) is 34.4 Å². The summed E-state index contributed by atoms with van der Waals surface area (Å²) in [4.78, 5) is 0. The molecule has 6 nitrogen and oxygen atoms in total. The van der Waals surface area contributed by atoms with E-state index in [0.29, 0.717) is 0 Å². The molecular formula is C7H24N6. The van der Waals surface area contributed by atoms with Gasteiger partial charge in [-0.2, -0.15) is 0 Å². The second-order valence-electron chi connectivity index (χ2n) is 3.22. The van der Waals surface area contributed by atoms with Gasteiger partial charge in [0.25, 0.3) is 0 Å². The molecule has 0 fully saturated rings. The Labute approximate surface area is 80.0 Å². The van der Waals surface area contributed by atoms with E-state index in [1.54, 1.807) is 0 Å². The van der Waals surface area contributed by atoms with Gasteiger partial charge < -0.3 is 0 Å². The average Bonchev–Trinajstić information content (AvgIpc) is 1.85. The largest absolute Gasteiger partial charge is 0.297 e. The maximum absolute atomic E-state index is 4.99. The van der Waals surface area contributed by atoms with Gasteiger partial charge in [0.05, 0.1) is 0 Å². The fourth-order valence-corrected chi connectivity index (χ4v) is 0.354. The van der Waals surface area contributed by atoms with Gasteiger partial charge in [-0.05, 0) is 0 Å². The second kappa shape index (κ2) is 6.25. The molecule has 0 heterocycles. The lowest BCUT2D eigenvalue weighted by Crippen LogP contribution is -2.85. The predicted octanol–water partition coefficient (Wildman–Crippen LogP) is -1.76. The number of rotatable bonds is 3. The summed E-state index contributed by atoms with van der Waals surface area (Å²) in [5.41, 5.74) is 30.0. The summed E-state index contributed by atoms with van der Waals surface area (Å²) in [7, 11) is 0. The maximum atomic E-state index is 4.99. The van der Waals surface area contributed by atoms with Crippen LogP contribution in [0.25, 0.3) is 0 Å². The fraction of sp³-hybridized carbons (Fsp3) is 1.00. The molecule has 0 bridgehead atoms. The molecule has 0 radical (unpaired) electrons. The van der Waals surface area contributed by atoms with Crippen LogP contribution in [-0.2, 0) is 0 Å². The summed E-state index contributed by atoms with van der Waals surface area (Å²) < 4.78 is 0. The fourth-order valence-electron chi connectivity index (χ4n) is 0.354. The Kier molecular flexibility index (Phi) is 7.33. The number of hydrogen-bond donors (Lipinski definition) is 6. The van der Waals surface area contributed by atoms with Gasteiger partial charge in [-0.25, -0.2) is 0 Å². The molecule has 0 unspecified atom stereocenters. The molecule has 12 N–H and O–H groups in total. The molecule has 82 valence electrons. The lowest BCUT2D eigenvalue weighted by molar-refractivity contribution is 0.246. The highest BCUT2D eigenvalue weighted by atomic mass is 15.3. The topological polar surface area (TPSA) is 156 Å². The van der Waals surface area contributed by atoms with Crippen LogP contribution in [0.2, 0.25) is 0 Å². The van der Waals surface area contributed by atoms with Gasteiger partial charge in [0.2, 0.25) is 0 Å². The van der Waals surface area contributed by atoms with Crippen LogP contribution < -0.4 is 34.4 Å². The average molecular weight is 192 g/mol. The summed E-state index contributed by atoms with van der Waals surface area (Å²) in [6.07, 6.45) is 4.08. The van der Waals surface area contributed by atoms with Gasteiger partial charge in [-0.1, -0.05) is 33.1 Å². The van der Waals surface area contributed by atoms with Gasteiger partial charge in [0.15, 0.2) is 11.6 Å². The van der Waals surface area contributed by atoms with Gasteiger partial charge >= 0.3 is 0 Å². The number of nitrogens with two attached hydrogens (primary N) is 6. The third-order valence-electron chi connectivity index (χ3n) is 1.46. The quantitative estimate of drug-likeness (QED) is 0.291. The number of unbranched alkanes of at least 4 members (excludes halogenated alkanes) is 2. The minimum absolute atomic E-state index is 1.34. The molecule has 0 atom stereocenters. The zero-order valence-corrected chi connectivity index (χ0v) is 8.59. The van der Waals surface area contributed by atoms with E-state index in [-0.39, 0.29) is 0 Å². The van der Waals surface area contributed by atoms with Crippen LogP contribution in [0.15, 0.2) is 0 Å². The molecule has 0 aromatic rings. The molecule has 0 aliphatic rings. The van der Waals surface area contributed by atoms with Crippen LogP contribution >= 0.6 is 0 Å². The third-order valence-corrected chi connectivity index (χ3v) is 1.46. The van der Waals surface area contributed by atoms with Crippen LogP contribution in [0.1, 0.15) is 33.1 Å². The molecule has 0 aliphatic heterocycles. The molecular weight excluding hydrogens is 168 g/mol. The van der Waals surface area contributed by atoms with Gasteiger partial charge in [-0.15, -0.1) is 0 Å². The minimum atomic E-state index is -1.73. The highest BCUT2D eigenvalue weighted by Crippen LogP contribution is 1.88. The van der Waals surface area contributed by atoms with E-state index >= 15 is 0 Å². The summed E-state index contributed by atoms with van der Waals surface area (Å²) in [6, 6.07) is 0. The smallest absolute Gasteiger partial charge is 0.162 e. The molecule has 0 aromatic carbocycles. The standard InChI is InChI=1S/C5H12.C2H12N6/c1-3-5-4-2;3-1(4,5)2(6,7)8/h3-5H2,1-2H3;3-8H2. The van der Waals surface area contributed by atoms with Crippen molar-refractivity contribution in [2.24, 2.45) is 34.4 Å². The van der Waals surface area contributed by atoms with E-state index in [1.807, 2.05) is 0 Å². The minimum Gasteiger partial charge on any atom is -0.297 e. The first-order chi connectivity index (χ1) is 5.66. The number of hydrogen-bond acceptors (Lipinski definition) is 6. The third kappa shape index (κ3) is 9.68. The first-order valence-corrected chi connectivity index (χ1v) is 4.40. The van der Waals surface area contributed by atoms with Crippen molar-refractivity contribution in [2.75, 3.05) is 0 Å². The molecule has 0 aromatic heterocycles. The lowest BCUT2D eigenvalue weighted by atomic mass is 10.2. The van der Waals surface area contributed by atoms with Gasteiger partial charge in [0, 0.05) is 0 Å². The van der Waals surface area contributed by atoms with Crippen molar-refractivity contribution in [3.05, 3.63) is 0 Å². The normalized spacial score (nSPS) is 12.0. The van der Waals surface area contributed by atoms with Gasteiger partial charge in [0.1, 0.15) is 0 Å². The van der Waals surface area contributed by atoms with E-state index < -0.39 is 11.6 Å². The van der Waals surface area contributed by atoms with Crippen molar-refractivity contribution in [1.29, 1.82) is 0 Å². The molecule has 0 spiro atoms. The Balaban J connectivity index is 0. The Morgan fingerprint density at radius 2 is 0.923 bits per heavy atom. The highest BCUT2D eigenvalue weighted by molar-refractivity contribution is 4.88. The van der Waals surface area contributed by atoms with Crippen LogP contribution in [0.3, 0.4) is 0 Å². The van der Waals surface area contributed by atoms with Crippen molar-refractivity contribution >= 4 is 0 Å². The molecule has 13 heavy (non-hydrogen) atoms. The first-order valence-electron chi connectivity index (χ1n) is 4.40. The van der Waals surface area contributed by atoms with Crippen molar-refractivity contribution in [3.8, 4) is 0 Å². The summed E-state index contributed by atoms with van der Waals surface area (Å²) in [6.45, 7) is 4.42. The van der Waals surface area contributed by atoms with Crippen LogP contribution in [0, 0.1) is 0 Å². The summed E-state index contributed by atoms with van der Waals surface area (Å²) in [5.74, 6) is -3.46. The molecule has 0 saturated heterocycles. The summed E-state index contributed by atoms with van der Waals surface area (Å²) >= 11 is 0. The zero-order valence-electron chi connectivity index (χ0n) is 8.59. The Hall–Kier alpha value is -0.240. The molecule has 6 heteroatoms. The maximum Gasteiger partial charge on any atom is 0.162 e. The van der Waals surface area contributed by atoms with Gasteiger partial charge in [-0.3, -0.25) is 34.4 Å². The molecule has 0 saturated carbocycles.